The maximum atomic E-state index is 11.6. The van der Waals surface area contributed by atoms with Crippen molar-refractivity contribution in [2.24, 2.45) is 11.5 Å². The van der Waals surface area contributed by atoms with E-state index in [0.29, 0.717) is 17.4 Å². The molecule has 1 fully saturated rings. The van der Waals surface area contributed by atoms with Crippen molar-refractivity contribution in [3.8, 4) is 16.2 Å². The van der Waals surface area contributed by atoms with Crippen LogP contribution < -0.4 is 21.5 Å². The third-order valence-corrected chi connectivity index (χ3v) is 4.92. The molecule has 2 heterocycles. The van der Waals surface area contributed by atoms with Crippen LogP contribution in [0.4, 0.5) is 9.80 Å². The van der Waals surface area contributed by atoms with Crippen LogP contribution in [0.1, 0.15) is 23.2 Å². The number of amides is 3. The Labute approximate surface area is 148 Å². The molecule has 1 aliphatic rings. The third-order valence-electron chi connectivity index (χ3n) is 3.84. The van der Waals surface area contributed by atoms with E-state index in [1.165, 1.54) is 11.3 Å². The molecule has 2 aromatic rings. The molecule has 5 N–H and O–H groups in total. The van der Waals surface area contributed by atoms with Gasteiger partial charge in [0, 0.05) is 17.0 Å². The zero-order valence-electron chi connectivity index (χ0n) is 13.5. The van der Waals surface area contributed by atoms with E-state index in [1.54, 1.807) is 6.07 Å². The maximum absolute atomic E-state index is 11.6. The van der Waals surface area contributed by atoms with Crippen molar-refractivity contribution in [1.29, 1.82) is 0 Å². The first-order chi connectivity index (χ1) is 12.0. The van der Waals surface area contributed by atoms with Crippen LogP contribution in [0.25, 0.3) is 10.4 Å². The first-order valence-corrected chi connectivity index (χ1v) is 8.70. The summed E-state index contributed by atoms with van der Waals surface area (Å²) in [6, 6.07) is 8.37. The SMILES string of the molecule is NC(=O)Nc1sc(-c2ccccc2OCC2CCCO2)cc1C(N)=O. The smallest absolute Gasteiger partial charge is 0.317 e. The lowest BCUT2D eigenvalue weighted by Gasteiger charge is -2.14. The molecule has 1 aromatic carbocycles. The number of carbonyl (C=O) groups excluding carboxylic acids is 2. The van der Waals surface area contributed by atoms with Gasteiger partial charge in [0.25, 0.3) is 5.91 Å². The maximum Gasteiger partial charge on any atom is 0.317 e. The fourth-order valence-electron chi connectivity index (χ4n) is 2.67. The number of hydrogen-bond donors (Lipinski definition) is 3. The van der Waals surface area contributed by atoms with E-state index in [9.17, 15) is 9.59 Å². The first-order valence-electron chi connectivity index (χ1n) is 7.88. The van der Waals surface area contributed by atoms with Crippen LogP contribution in [0, 0.1) is 0 Å². The van der Waals surface area contributed by atoms with Crippen molar-refractivity contribution >= 4 is 28.3 Å². The highest BCUT2D eigenvalue weighted by Gasteiger charge is 2.20. The average molecular weight is 361 g/mol. The number of thiophene rings is 1. The van der Waals surface area contributed by atoms with Gasteiger partial charge < -0.3 is 20.9 Å². The summed E-state index contributed by atoms with van der Waals surface area (Å²) in [5.41, 5.74) is 11.6. The lowest BCUT2D eigenvalue weighted by molar-refractivity contribution is 0.0681. The van der Waals surface area contributed by atoms with Crippen LogP contribution in [-0.2, 0) is 4.74 Å². The van der Waals surface area contributed by atoms with Gasteiger partial charge in [0.15, 0.2) is 0 Å². The second-order valence-electron chi connectivity index (χ2n) is 5.65. The number of ether oxygens (including phenoxy) is 2. The van der Waals surface area contributed by atoms with E-state index < -0.39 is 11.9 Å². The van der Waals surface area contributed by atoms with E-state index in [2.05, 4.69) is 5.32 Å². The third kappa shape index (κ3) is 4.09. The van der Waals surface area contributed by atoms with Gasteiger partial charge in [0.2, 0.25) is 0 Å². The van der Waals surface area contributed by atoms with Crippen molar-refractivity contribution in [2.75, 3.05) is 18.5 Å². The second kappa shape index (κ2) is 7.54. The molecular weight excluding hydrogens is 342 g/mol. The minimum absolute atomic E-state index is 0.102. The largest absolute Gasteiger partial charge is 0.490 e. The molecular formula is C17H19N3O4S. The predicted molar refractivity (Wildman–Crippen MR) is 95.9 cm³/mol. The highest BCUT2D eigenvalue weighted by molar-refractivity contribution is 7.20. The summed E-state index contributed by atoms with van der Waals surface area (Å²) in [6.45, 7) is 1.24. The molecule has 1 aromatic heterocycles. The van der Waals surface area contributed by atoms with Gasteiger partial charge >= 0.3 is 6.03 Å². The summed E-state index contributed by atoms with van der Waals surface area (Å²) in [6.07, 6.45) is 2.13. The predicted octanol–water partition coefficient (Wildman–Crippen LogP) is 2.56. The Hall–Kier alpha value is -2.58. The van der Waals surface area contributed by atoms with Gasteiger partial charge in [-0.2, -0.15) is 0 Å². The number of primary amides is 2. The van der Waals surface area contributed by atoms with Gasteiger partial charge in [0.1, 0.15) is 17.4 Å². The highest BCUT2D eigenvalue weighted by atomic mass is 32.1. The van der Waals surface area contributed by atoms with E-state index in [1.807, 2.05) is 24.3 Å². The van der Waals surface area contributed by atoms with Crippen LogP contribution in [-0.4, -0.2) is 31.3 Å². The molecule has 0 spiro atoms. The molecule has 0 radical (unpaired) electrons. The Morgan fingerprint density at radius 1 is 1.32 bits per heavy atom. The van der Waals surface area contributed by atoms with Gasteiger partial charge in [-0.3, -0.25) is 10.1 Å². The molecule has 132 valence electrons. The number of urea groups is 1. The van der Waals surface area contributed by atoms with Crippen LogP contribution in [0.5, 0.6) is 5.75 Å². The van der Waals surface area contributed by atoms with Gasteiger partial charge in [-0.1, -0.05) is 12.1 Å². The lowest BCUT2D eigenvalue weighted by atomic mass is 10.1. The van der Waals surface area contributed by atoms with Crippen molar-refractivity contribution in [3.63, 3.8) is 0 Å². The molecule has 8 heteroatoms. The molecule has 3 rings (SSSR count). The summed E-state index contributed by atoms with van der Waals surface area (Å²) in [7, 11) is 0. The number of hydrogen-bond acceptors (Lipinski definition) is 5. The highest BCUT2D eigenvalue weighted by Crippen LogP contribution is 2.39. The Kier molecular flexibility index (Phi) is 5.20. The first kappa shape index (κ1) is 17.2. The van der Waals surface area contributed by atoms with Crippen molar-refractivity contribution in [1.82, 2.24) is 0 Å². The Bertz CT molecular complexity index is 784. The number of nitrogens with two attached hydrogens (primary N) is 2. The van der Waals surface area contributed by atoms with Crippen LogP contribution in [0.3, 0.4) is 0 Å². The van der Waals surface area contributed by atoms with Crippen LogP contribution in [0.15, 0.2) is 30.3 Å². The fraction of sp³-hybridized carbons (Fsp3) is 0.294. The molecule has 1 saturated heterocycles. The standard InChI is InChI=1S/C17H19N3O4S/c18-15(21)12-8-14(25-16(12)20-17(19)22)11-5-1-2-6-13(11)24-9-10-4-3-7-23-10/h1-2,5-6,8,10H,3-4,7,9H2,(H2,18,21)(H3,19,20,22). The molecule has 3 amide bonds. The molecule has 1 unspecified atom stereocenters. The zero-order valence-corrected chi connectivity index (χ0v) is 14.3. The topological polar surface area (TPSA) is 117 Å². The molecule has 1 aliphatic heterocycles. The number of carbonyl (C=O) groups is 2. The minimum atomic E-state index is -0.751. The summed E-state index contributed by atoms with van der Waals surface area (Å²) in [5.74, 6) is 0.0462. The second-order valence-corrected chi connectivity index (χ2v) is 6.70. The minimum Gasteiger partial charge on any atom is -0.490 e. The number of rotatable bonds is 6. The van der Waals surface area contributed by atoms with E-state index in [0.717, 1.165) is 29.9 Å². The molecule has 1 atom stereocenters. The zero-order chi connectivity index (χ0) is 17.8. The Morgan fingerprint density at radius 2 is 2.12 bits per heavy atom. The number of anilines is 1. The summed E-state index contributed by atoms with van der Waals surface area (Å²) in [5, 5.41) is 2.76. The van der Waals surface area contributed by atoms with Crippen molar-refractivity contribution in [2.45, 2.75) is 18.9 Å². The average Bonchev–Trinajstić information content (AvgIpc) is 3.22. The normalized spacial score (nSPS) is 16.6. The van der Waals surface area contributed by atoms with Crippen LogP contribution in [0.2, 0.25) is 0 Å². The van der Waals surface area contributed by atoms with Gasteiger partial charge in [0.05, 0.1) is 11.7 Å². The summed E-state index contributed by atoms with van der Waals surface area (Å²) in [4.78, 5) is 23.5. The Balaban J connectivity index is 1.88. The molecule has 0 saturated carbocycles. The van der Waals surface area contributed by atoms with E-state index in [-0.39, 0.29) is 11.7 Å². The van der Waals surface area contributed by atoms with Gasteiger partial charge in [-0.05, 0) is 31.0 Å². The lowest BCUT2D eigenvalue weighted by Crippen LogP contribution is -2.21. The molecule has 0 bridgehead atoms. The van der Waals surface area contributed by atoms with Crippen LogP contribution >= 0.6 is 11.3 Å². The molecule has 7 nitrogen and oxygen atoms in total. The number of para-hydroxylation sites is 1. The monoisotopic (exact) mass is 361 g/mol. The van der Waals surface area contributed by atoms with Crippen molar-refractivity contribution < 1.29 is 19.1 Å². The Morgan fingerprint density at radius 3 is 2.80 bits per heavy atom. The van der Waals surface area contributed by atoms with E-state index in [4.69, 9.17) is 20.9 Å². The number of nitrogens with one attached hydrogen (secondary N) is 1. The van der Waals surface area contributed by atoms with Gasteiger partial charge in [-0.25, -0.2) is 4.79 Å². The van der Waals surface area contributed by atoms with E-state index >= 15 is 0 Å². The van der Waals surface area contributed by atoms with Gasteiger partial charge in [-0.15, -0.1) is 11.3 Å². The quantitative estimate of drug-likeness (QED) is 0.733. The summed E-state index contributed by atoms with van der Waals surface area (Å²) >= 11 is 1.22. The molecule has 0 aliphatic carbocycles. The van der Waals surface area contributed by atoms with Crippen molar-refractivity contribution in [3.05, 3.63) is 35.9 Å². The number of benzene rings is 1. The fourth-order valence-corrected chi connectivity index (χ4v) is 3.76. The summed E-state index contributed by atoms with van der Waals surface area (Å²) < 4.78 is 11.5. The molecule has 25 heavy (non-hydrogen) atoms.